The summed E-state index contributed by atoms with van der Waals surface area (Å²) >= 11 is 2.55. The number of sulfonamides is 1. The monoisotopic (exact) mass is 525 g/mol. The molecule has 1 fully saturated rings. The SMILES string of the molecule is CCCN1CCc2c(sc(NC(=O)C3CCCCN3S(=O)(=O)c3cccs3)c2C(=O)OCC)C1. The van der Waals surface area contributed by atoms with Crippen LogP contribution in [0.4, 0.5) is 5.00 Å². The van der Waals surface area contributed by atoms with Gasteiger partial charge in [0.15, 0.2) is 0 Å². The van der Waals surface area contributed by atoms with Crippen molar-refractivity contribution in [2.75, 3.05) is 31.6 Å². The Morgan fingerprint density at radius 3 is 2.76 bits per heavy atom. The molecule has 4 rings (SSSR count). The van der Waals surface area contributed by atoms with E-state index in [4.69, 9.17) is 4.74 Å². The van der Waals surface area contributed by atoms with Crippen LogP contribution >= 0.6 is 22.7 Å². The van der Waals surface area contributed by atoms with Gasteiger partial charge in [0.2, 0.25) is 5.91 Å². The van der Waals surface area contributed by atoms with Crippen LogP contribution in [0.15, 0.2) is 21.7 Å². The predicted molar refractivity (Wildman–Crippen MR) is 134 cm³/mol. The average Bonchev–Trinajstić information content (AvgIpc) is 3.48. The number of nitrogens with zero attached hydrogens (tertiary/aromatic N) is 2. The first kappa shape index (κ1) is 25.3. The first-order chi connectivity index (χ1) is 16.4. The molecule has 2 aromatic heterocycles. The number of ether oxygens (including phenoxy) is 1. The second-order valence-corrected chi connectivity index (χ2v) is 12.7. The molecule has 0 spiro atoms. The Hall–Kier alpha value is -1.79. The number of nitrogens with one attached hydrogen (secondary N) is 1. The van der Waals surface area contributed by atoms with Gasteiger partial charge in [0.25, 0.3) is 10.0 Å². The Morgan fingerprint density at radius 2 is 2.06 bits per heavy atom. The minimum atomic E-state index is -3.76. The van der Waals surface area contributed by atoms with Crippen molar-refractivity contribution in [1.82, 2.24) is 9.21 Å². The van der Waals surface area contributed by atoms with Gasteiger partial charge in [-0.25, -0.2) is 13.2 Å². The topological polar surface area (TPSA) is 96.0 Å². The largest absolute Gasteiger partial charge is 0.462 e. The standard InChI is InChI=1S/C23H31N3O5S3/c1-3-11-25-13-10-16-18(15-25)33-22(20(16)23(28)31-4-2)24-21(27)17-8-5-6-12-26(17)34(29,30)19-9-7-14-32-19/h7,9,14,17H,3-6,8,10-13,15H2,1-2H3,(H,24,27). The van der Waals surface area contributed by atoms with E-state index in [0.29, 0.717) is 30.0 Å². The second-order valence-electron chi connectivity index (χ2n) is 8.50. The number of esters is 1. The fraction of sp³-hybridized carbons (Fsp3) is 0.565. The third-order valence-corrected chi connectivity index (χ3v) is 10.6. The van der Waals surface area contributed by atoms with E-state index < -0.39 is 27.9 Å². The molecule has 0 saturated carbocycles. The zero-order valence-corrected chi connectivity index (χ0v) is 22.0. The Bertz CT molecular complexity index is 1130. The van der Waals surface area contributed by atoms with E-state index >= 15 is 0 Å². The molecule has 11 heteroatoms. The van der Waals surface area contributed by atoms with Crippen molar-refractivity contribution in [3.63, 3.8) is 0 Å². The van der Waals surface area contributed by atoms with Gasteiger partial charge in [-0.15, -0.1) is 22.7 Å². The zero-order chi connectivity index (χ0) is 24.3. The highest BCUT2D eigenvalue weighted by Crippen LogP contribution is 2.38. The smallest absolute Gasteiger partial charge is 0.341 e. The molecule has 1 amide bonds. The van der Waals surface area contributed by atoms with Gasteiger partial charge in [-0.05, 0) is 56.2 Å². The number of hydrogen-bond donors (Lipinski definition) is 1. The molecule has 2 aliphatic heterocycles. The molecule has 0 radical (unpaired) electrons. The lowest BCUT2D eigenvalue weighted by atomic mass is 10.0. The van der Waals surface area contributed by atoms with Gasteiger partial charge in [-0.3, -0.25) is 9.69 Å². The summed E-state index contributed by atoms with van der Waals surface area (Å²) in [6.07, 6.45) is 3.69. The highest BCUT2D eigenvalue weighted by atomic mass is 32.2. The van der Waals surface area contributed by atoms with Gasteiger partial charge in [0, 0.05) is 24.5 Å². The number of carbonyl (C=O) groups excluding carboxylic acids is 2. The fourth-order valence-electron chi connectivity index (χ4n) is 4.65. The van der Waals surface area contributed by atoms with Crippen LogP contribution in [0.25, 0.3) is 0 Å². The molecule has 0 aromatic carbocycles. The molecule has 0 aliphatic carbocycles. The highest BCUT2D eigenvalue weighted by molar-refractivity contribution is 7.91. The summed E-state index contributed by atoms with van der Waals surface area (Å²) in [5.74, 6) is -0.833. The van der Waals surface area contributed by atoms with Gasteiger partial charge < -0.3 is 10.1 Å². The van der Waals surface area contributed by atoms with E-state index in [-0.39, 0.29) is 10.8 Å². The highest BCUT2D eigenvalue weighted by Gasteiger charge is 2.39. The van der Waals surface area contributed by atoms with Crippen LogP contribution < -0.4 is 5.32 Å². The molecular formula is C23H31N3O5S3. The number of piperidine rings is 1. The lowest BCUT2D eigenvalue weighted by Crippen LogP contribution is -2.49. The summed E-state index contributed by atoms with van der Waals surface area (Å²) in [6.45, 7) is 7.01. The molecule has 2 aliphatic rings. The van der Waals surface area contributed by atoms with Crippen LogP contribution in [0.3, 0.4) is 0 Å². The van der Waals surface area contributed by atoms with Gasteiger partial charge in [0.1, 0.15) is 15.3 Å². The van der Waals surface area contributed by atoms with Crippen molar-refractivity contribution in [1.29, 1.82) is 0 Å². The number of thiophene rings is 2. The summed E-state index contributed by atoms with van der Waals surface area (Å²) in [5, 5.41) is 5.11. The average molecular weight is 526 g/mol. The second kappa shape index (κ2) is 10.9. The first-order valence-corrected chi connectivity index (χ1v) is 14.9. The molecule has 0 bridgehead atoms. The number of amides is 1. The van der Waals surface area contributed by atoms with Gasteiger partial charge >= 0.3 is 5.97 Å². The van der Waals surface area contributed by atoms with E-state index in [1.54, 1.807) is 24.4 Å². The molecule has 2 aromatic rings. The first-order valence-electron chi connectivity index (χ1n) is 11.8. The molecule has 1 N–H and O–H groups in total. The van der Waals surface area contributed by atoms with E-state index in [1.165, 1.54) is 15.6 Å². The molecule has 186 valence electrons. The summed E-state index contributed by atoms with van der Waals surface area (Å²) in [6, 6.07) is 2.45. The van der Waals surface area contributed by atoms with E-state index in [2.05, 4.69) is 17.1 Å². The van der Waals surface area contributed by atoms with Crippen LogP contribution in [-0.2, 0) is 32.5 Å². The lowest BCUT2D eigenvalue weighted by molar-refractivity contribution is -0.120. The van der Waals surface area contributed by atoms with Crippen molar-refractivity contribution >= 4 is 49.6 Å². The minimum absolute atomic E-state index is 0.238. The fourth-order valence-corrected chi connectivity index (χ4v) is 8.70. The lowest BCUT2D eigenvalue weighted by Gasteiger charge is -2.33. The summed E-state index contributed by atoms with van der Waals surface area (Å²) in [4.78, 5) is 29.7. The Kier molecular flexibility index (Phi) is 8.08. The molecule has 34 heavy (non-hydrogen) atoms. The van der Waals surface area contributed by atoms with Gasteiger partial charge in [-0.1, -0.05) is 19.4 Å². The molecule has 1 atom stereocenters. The summed E-state index contributed by atoms with van der Waals surface area (Å²) < 4.78 is 33.3. The molecular weight excluding hydrogens is 494 g/mol. The van der Waals surface area contributed by atoms with E-state index in [0.717, 1.165) is 60.7 Å². The number of rotatable bonds is 8. The molecule has 1 saturated heterocycles. The van der Waals surface area contributed by atoms with E-state index in [1.807, 2.05) is 0 Å². The van der Waals surface area contributed by atoms with Crippen LogP contribution in [0.2, 0.25) is 0 Å². The van der Waals surface area contributed by atoms with Crippen LogP contribution in [0, 0.1) is 0 Å². The number of carbonyl (C=O) groups is 2. The summed E-state index contributed by atoms with van der Waals surface area (Å²) in [5.41, 5.74) is 1.37. The van der Waals surface area contributed by atoms with Crippen LogP contribution in [-0.4, -0.2) is 61.8 Å². The molecule has 1 unspecified atom stereocenters. The third kappa shape index (κ3) is 5.08. The van der Waals surface area contributed by atoms with Crippen molar-refractivity contribution in [3.8, 4) is 0 Å². The van der Waals surface area contributed by atoms with Gasteiger partial charge in [0.05, 0.1) is 12.2 Å². The predicted octanol–water partition coefficient (Wildman–Crippen LogP) is 3.94. The molecule has 8 nitrogen and oxygen atoms in total. The quantitative estimate of drug-likeness (QED) is 0.525. The molecule has 4 heterocycles. The Balaban J connectivity index is 1.62. The van der Waals surface area contributed by atoms with Crippen LogP contribution in [0.1, 0.15) is 60.3 Å². The summed E-state index contributed by atoms with van der Waals surface area (Å²) in [7, 11) is -3.76. The normalized spacial score (nSPS) is 19.5. The van der Waals surface area contributed by atoms with Crippen molar-refractivity contribution in [2.45, 2.75) is 62.7 Å². The zero-order valence-electron chi connectivity index (χ0n) is 19.5. The maximum Gasteiger partial charge on any atom is 0.341 e. The van der Waals surface area contributed by atoms with E-state index in [9.17, 15) is 18.0 Å². The maximum absolute atomic E-state index is 13.4. The maximum atomic E-state index is 13.4. The number of hydrogen-bond acceptors (Lipinski definition) is 8. The number of fused-ring (bicyclic) bond motifs is 1. The van der Waals surface area contributed by atoms with Crippen molar-refractivity contribution in [2.24, 2.45) is 0 Å². The Labute approximate surface area is 208 Å². The van der Waals surface area contributed by atoms with Crippen LogP contribution in [0.5, 0.6) is 0 Å². The third-order valence-electron chi connectivity index (χ3n) is 6.21. The van der Waals surface area contributed by atoms with Gasteiger partial charge in [-0.2, -0.15) is 4.31 Å². The minimum Gasteiger partial charge on any atom is -0.462 e. The van der Waals surface area contributed by atoms with Crippen molar-refractivity contribution < 1.29 is 22.7 Å². The van der Waals surface area contributed by atoms with Crippen molar-refractivity contribution in [3.05, 3.63) is 33.5 Å². The Morgan fingerprint density at radius 1 is 1.24 bits per heavy atom. The number of anilines is 1.